The molecule has 0 saturated heterocycles. The summed E-state index contributed by atoms with van der Waals surface area (Å²) < 4.78 is 0. The summed E-state index contributed by atoms with van der Waals surface area (Å²) in [7, 11) is 4.25. The topological polar surface area (TPSA) is 44.4 Å². The molecule has 1 aliphatic rings. The van der Waals surface area contributed by atoms with Crippen LogP contribution in [0.4, 0.5) is 0 Å². The van der Waals surface area contributed by atoms with Gasteiger partial charge in [-0.3, -0.25) is 4.79 Å². The van der Waals surface area contributed by atoms with Crippen molar-refractivity contribution >= 4 is 5.91 Å². The molecule has 2 N–H and O–H groups in total. The van der Waals surface area contributed by atoms with Crippen LogP contribution < -0.4 is 10.6 Å². The summed E-state index contributed by atoms with van der Waals surface area (Å²) >= 11 is 0. The lowest BCUT2D eigenvalue weighted by Crippen LogP contribution is -2.57. The van der Waals surface area contributed by atoms with E-state index < -0.39 is 0 Å². The van der Waals surface area contributed by atoms with Crippen LogP contribution in [0.2, 0.25) is 0 Å². The number of nitrogens with one attached hydrogen (secondary N) is 2. The van der Waals surface area contributed by atoms with Gasteiger partial charge in [-0.1, -0.05) is 13.8 Å². The number of amides is 1. The Hall–Kier alpha value is -0.610. The summed E-state index contributed by atoms with van der Waals surface area (Å²) in [5.74, 6) is 0.582. The predicted molar refractivity (Wildman–Crippen MR) is 75.6 cm³/mol. The number of likely N-dealkylation sites (N-methyl/N-ethyl adjacent to an activating group) is 1. The van der Waals surface area contributed by atoms with E-state index in [1.54, 1.807) is 0 Å². The van der Waals surface area contributed by atoms with Crippen LogP contribution in [0.5, 0.6) is 0 Å². The molecule has 4 heteroatoms. The first-order valence-corrected chi connectivity index (χ1v) is 7.05. The highest BCUT2D eigenvalue weighted by Gasteiger charge is 2.38. The van der Waals surface area contributed by atoms with Crippen molar-refractivity contribution in [2.24, 2.45) is 5.92 Å². The average molecular weight is 255 g/mol. The van der Waals surface area contributed by atoms with Gasteiger partial charge in [0.15, 0.2) is 0 Å². The summed E-state index contributed by atoms with van der Waals surface area (Å²) in [6.07, 6.45) is 3.77. The van der Waals surface area contributed by atoms with Crippen molar-refractivity contribution in [3.8, 4) is 0 Å². The summed E-state index contributed by atoms with van der Waals surface area (Å²) in [5.41, 5.74) is 0.282. The number of nitrogens with zero attached hydrogens (tertiary/aromatic N) is 1. The normalized spacial score (nSPS) is 19.7. The zero-order valence-corrected chi connectivity index (χ0v) is 12.5. The Morgan fingerprint density at radius 1 is 1.28 bits per heavy atom. The molecular weight excluding hydrogens is 226 g/mol. The highest BCUT2D eigenvalue weighted by atomic mass is 16.1. The van der Waals surface area contributed by atoms with Gasteiger partial charge in [0.25, 0.3) is 0 Å². The molecule has 4 nitrogen and oxygen atoms in total. The number of rotatable bonds is 7. The molecule has 0 spiro atoms. The molecule has 106 valence electrons. The molecule has 1 rings (SSSR count). The third-order valence-electron chi connectivity index (χ3n) is 4.36. The van der Waals surface area contributed by atoms with E-state index in [9.17, 15) is 4.79 Å². The van der Waals surface area contributed by atoms with Crippen molar-refractivity contribution in [2.45, 2.75) is 51.6 Å². The van der Waals surface area contributed by atoms with E-state index in [-0.39, 0.29) is 17.5 Å². The molecular formula is C14H29N3O. The average Bonchev–Trinajstić information content (AvgIpc) is 2.20. The summed E-state index contributed by atoms with van der Waals surface area (Å²) in [5, 5.41) is 6.32. The quantitative estimate of drug-likeness (QED) is 0.719. The van der Waals surface area contributed by atoms with Crippen LogP contribution in [-0.2, 0) is 4.79 Å². The van der Waals surface area contributed by atoms with E-state index >= 15 is 0 Å². The van der Waals surface area contributed by atoms with Crippen LogP contribution in [0.3, 0.4) is 0 Å². The first-order valence-electron chi connectivity index (χ1n) is 7.05. The van der Waals surface area contributed by atoms with Crippen molar-refractivity contribution in [1.29, 1.82) is 0 Å². The van der Waals surface area contributed by atoms with Crippen LogP contribution in [0.1, 0.15) is 40.0 Å². The molecule has 1 fully saturated rings. The Morgan fingerprint density at radius 2 is 1.89 bits per heavy atom. The van der Waals surface area contributed by atoms with Gasteiger partial charge in [-0.15, -0.1) is 0 Å². The highest BCUT2D eigenvalue weighted by Crippen LogP contribution is 2.35. The van der Waals surface area contributed by atoms with E-state index in [1.807, 2.05) is 0 Å². The second-order valence-electron chi connectivity index (χ2n) is 6.18. The fourth-order valence-electron chi connectivity index (χ4n) is 2.25. The molecule has 0 radical (unpaired) electrons. The molecule has 0 aromatic rings. The Bertz CT molecular complexity index is 272. The van der Waals surface area contributed by atoms with Crippen LogP contribution in [0, 0.1) is 5.92 Å². The lowest BCUT2D eigenvalue weighted by Gasteiger charge is -2.47. The van der Waals surface area contributed by atoms with Gasteiger partial charge in [-0.2, -0.15) is 0 Å². The Labute approximate surface area is 111 Å². The van der Waals surface area contributed by atoms with E-state index in [2.05, 4.69) is 50.4 Å². The summed E-state index contributed by atoms with van der Waals surface area (Å²) in [6.45, 7) is 7.62. The van der Waals surface area contributed by atoms with E-state index in [0.717, 1.165) is 6.54 Å². The first-order chi connectivity index (χ1) is 8.37. The lowest BCUT2D eigenvalue weighted by molar-refractivity contribution is -0.121. The molecule has 1 unspecified atom stereocenters. The predicted octanol–water partition coefficient (Wildman–Crippen LogP) is 1.22. The largest absolute Gasteiger partial charge is 0.352 e. The zero-order valence-electron chi connectivity index (χ0n) is 12.5. The molecule has 0 aliphatic heterocycles. The van der Waals surface area contributed by atoms with Crippen LogP contribution >= 0.6 is 0 Å². The van der Waals surface area contributed by atoms with Crippen LogP contribution in [0.25, 0.3) is 0 Å². The van der Waals surface area contributed by atoms with Gasteiger partial charge in [-0.25, -0.2) is 0 Å². The van der Waals surface area contributed by atoms with Gasteiger partial charge in [0.05, 0.1) is 6.54 Å². The smallest absolute Gasteiger partial charge is 0.234 e. The van der Waals surface area contributed by atoms with E-state index in [1.165, 1.54) is 19.3 Å². The number of carbonyl (C=O) groups excluding carboxylic acids is 1. The van der Waals surface area contributed by atoms with Gasteiger partial charge >= 0.3 is 0 Å². The number of carbonyl (C=O) groups is 1. The van der Waals surface area contributed by atoms with Gasteiger partial charge in [0.2, 0.25) is 5.91 Å². The minimum Gasteiger partial charge on any atom is -0.352 e. The molecule has 1 aliphatic carbocycles. The standard InChI is InChI=1S/C14H29N3O/c1-11(2)12(3)16-13(18)9-15-10-14(17(4)5)7-6-8-14/h11-12,15H,6-10H2,1-5H3,(H,16,18). The van der Waals surface area contributed by atoms with Gasteiger partial charge in [0, 0.05) is 18.1 Å². The third kappa shape index (κ3) is 3.95. The summed E-state index contributed by atoms with van der Waals surface area (Å²) in [6, 6.07) is 0.241. The van der Waals surface area contributed by atoms with Crippen LogP contribution in [0.15, 0.2) is 0 Å². The zero-order chi connectivity index (χ0) is 13.8. The van der Waals surface area contributed by atoms with E-state index in [4.69, 9.17) is 0 Å². The lowest BCUT2D eigenvalue weighted by atomic mass is 9.75. The Balaban J connectivity index is 2.23. The summed E-state index contributed by atoms with van der Waals surface area (Å²) in [4.78, 5) is 14.0. The molecule has 18 heavy (non-hydrogen) atoms. The van der Waals surface area contributed by atoms with Crippen molar-refractivity contribution in [2.75, 3.05) is 27.2 Å². The van der Waals surface area contributed by atoms with Gasteiger partial charge in [0.1, 0.15) is 0 Å². The second kappa shape index (κ2) is 6.53. The molecule has 1 atom stereocenters. The van der Waals surface area contributed by atoms with Crippen molar-refractivity contribution in [3.05, 3.63) is 0 Å². The number of hydrogen-bond acceptors (Lipinski definition) is 3. The fourth-order valence-corrected chi connectivity index (χ4v) is 2.25. The third-order valence-corrected chi connectivity index (χ3v) is 4.36. The molecule has 0 aromatic heterocycles. The SMILES string of the molecule is CC(C)C(C)NC(=O)CNCC1(N(C)C)CCC1. The van der Waals surface area contributed by atoms with Crippen LogP contribution in [-0.4, -0.2) is 49.6 Å². The monoisotopic (exact) mass is 255 g/mol. The minimum atomic E-state index is 0.101. The van der Waals surface area contributed by atoms with Gasteiger partial charge in [-0.05, 0) is 46.2 Å². The molecule has 0 bridgehead atoms. The number of hydrogen-bond donors (Lipinski definition) is 2. The maximum atomic E-state index is 11.7. The first kappa shape index (κ1) is 15.4. The molecule has 1 saturated carbocycles. The fraction of sp³-hybridized carbons (Fsp3) is 0.929. The minimum absolute atomic E-state index is 0.101. The highest BCUT2D eigenvalue weighted by molar-refractivity contribution is 5.78. The van der Waals surface area contributed by atoms with Gasteiger partial charge < -0.3 is 15.5 Å². The Kier molecular flexibility index (Phi) is 5.60. The van der Waals surface area contributed by atoms with Crippen molar-refractivity contribution in [3.63, 3.8) is 0 Å². The van der Waals surface area contributed by atoms with E-state index in [0.29, 0.717) is 12.5 Å². The maximum absolute atomic E-state index is 11.7. The molecule has 1 amide bonds. The maximum Gasteiger partial charge on any atom is 0.234 e. The molecule has 0 aromatic carbocycles. The van der Waals surface area contributed by atoms with Crippen molar-refractivity contribution < 1.29 is 4.79 Å². The Morgan fingerprint density at radius 3 is 2.28 bits per heavy atom. The second-order valence-corrected chi connectivity index (χ2v) is 6.18. The molecule has 0 heterocycles. The van der Waals surface area contributed by atoms with Crippen molar-refractivity contribution in [1.82, 2.24) is 15.5 Å².